The van der Waals surface area contributed by atoms with Crippen LogP contribution in [0.25, 0.3) is 0 Å². The third-order valence-electron chi connectivity index (χ3n) is 6.20. The highest BCUT2D eigenvalue weighted by molar-refractivity contribution is 6.74. The van der Waals surface area contributed by atoms with Gasteiger partial charge in [-0.25, -0.2) is 0 Å². The van der Waals surface area contributed by atoms with Gasteiger partial charge in [-0.05, 0) is 59.5 Å². The molecular formula is C22H36O2Si. The minimum atomic E-state index is -1.81. The van der Waals surface area contributed by atoms with Gasteiger partial charge in [0.25, 0.3) is 0 Å². The normalized spacial score (nSPS) is 19.6. The van der Waals surface area contributed by atoms with Crippen molar-refractivity contribution in [1.82, 2.24) is 0 Å². The summed E-state index contributed by atoms with van der Waals surface area (Å²) in [6.45, 7) is 19.5. The second-order valence-electron chi connectivity index (χ2n) is 9.70. The lowest BCUT2D eigenvalue weighted by Crippen LogP contribution is -2.41. The highest BCUT2D eigenvalue weighted by atomic mass is 28.4. The molecule has 1 aliphatic rings. The molecule has 0 radical (unpaired) electrons. The molecule has 0 bridgehead atoms. The molecule has 2 rings (SSSR count). The number of hydrogen-bond donors (Lipinski definition) is 1. The van der Waals surface area contributed by atoms with Gasteiger partial charge in [-0.1, -0.05) is 58.9 Å². The molecule has 0 saturated carbocycles. The smallest absolute Gasteiger partial charge is 0.192 e. The molecule has 0 saturated heterocycles. The van der Waals surface area contributed by atoms with Crippen LogP contribution in [0.1, 0.15) is 76.4 Å². The van der Waals surface area contributed by atoms with Crippen LogP contribution in [-0.2, 0) is 10.8 Å². The highest BCUT2D eigenvalue weighted by Crippen LogP contribution is 2.46. The summed E-state index contributed by atoms with van der Waals surface area (Å²) in [5.41, 5.74) is 3.45. The predicted molar refractivity (Wildman–Crippen MR) is 109 cm³/mol. The Balaban J connectivity index is 2.32. The third kappa shape index (κ3) is 4.10. The molecule has 1 aromatic carbocycles. The van der Waals surface area contributed by atoms with Crippen molar-refractivity contribution in [3.05, 3.63) is 47.5 Å². The molecule has 2 nitrogen and oxygen atoms in total. The SMILES string of the molecule is C=CCC(C)(C)C(O)c1cccc2c1CCC2O[Si](C)(C)C(C)(C)C. The minimum absolute atomic E-state index is 0.172. The number of aliphatic hydroxyl groups excluding tert-OH is 1. The fourth-order valence-corrected chi connectivity index (χ4v) is 4.77. The minimum Gasteiger partial charge on any atom is -0.410 e. The average molecular weight is 361 g/mol. The van der Waals surface area contributed by atoms with Crippen LogP contribution < -0.4 is 0 Å². The number of fused-ring (bicyclic) bond motifs is 1. The lowest BCUT2D eigenvalue weighted by Gasteiger charge is -2.38. The Labute approximate surface area is 155 Å². The highest BCUT2D eigenvalue weighted by Gasteiger charge is 2.41. The van der Waals surface area contributed by atoms with Crippen LogP contribution in [0.3, 0.4) is 0 Å². The number of benzene rings is 1. The second-order valence-corrected chi connectivity index (χ2v) is 14.5. The van der Waals surface area contributed by atoms with Gasteiger partial charge in [0.15, 0.2) is 8.32 Å². The summed E-state index contributed by atoms with van der Waals surface area (Å²) in [5.74, 6) is 0. The largest absolute Gasteiger partial charge is 0.410 e. The quantitative estimate of drug-likeness (QED) is 0.474. The van der Waals surface area contributed by atoms with E-state index in [1.54, 1.807) is 0 Å². The van der Waals surface area contributed by atoms with Crippen LogP contribution in [0, 0.1) is 5.41 Å². The maximum absolute atomic E-state index is 11.0. The standard InChI is InChI=1S/C22H36O2Si/c1-9-15-22(5,6)20(23)18-12-10-11-17-16(18)13-14-19(17)24-25(7,8)21(2,3)4/h9-12,19-20,23H,1,13-15H2,2-8H3. The average Bonchev–Trinajstić information content (AvgIpc) is 2.88. The Morgan fingerprint density at radius 2 is 1.92 bits per heavy atom. The van der Waals surface area contributed by atoms with E-state index in [0.717, 1.165) is 24.8 Å². The van der Waals surface area contributed by atoms with Gasteiger partial charge in [0.2, 0.25) is 0 Å². The zero-order chi connectivity index (χ0) is 19.0. The summed E-state index contributed by atoms with van der Waals surface area (Å²) in [4.78, 5) is 0. The van der Waals surface area contributed by atoms with Crippen molar-refractivity contribution in [2.75, 3.05) is 0 Å². The Bertz CT molecular complexity index is 625. The van der Waals surface area contributed by atoms with Crippen molar-refractivity contribution in [2.45, 2.75) is 84.2 Å². The van der Waals surface area contributed by atoms with Gasteiger partial charge >= 0.3 is 0 Å². The zero-order valence-electron chi connectivity index (χ0n) is 17.1. The Morgan fingerprint density at radius 3 is 2.48 bits per heavy atom. The van der Waals surface area contributed by atoms with Crippen molar-refractivity contribution in [3.8, 4) is 0 Å². The van der Waals surface area contributed by atoms with Gasteiger partial charge in [-0.2, -0.15) is 0 Å². The summed E-state index contributed by atoms with van der Waals surface area (Å²) < 4.78 is 6.70. The van der Waals surface area contributed by atoms with E-state index in [1.807, 2.05) is 6.08 Å². The van der Waals surface area contributed by atoms with Crippen LogP contribution in [0.15, 0.2) is 30.9 Å². The number of allylic oxidation sites excluding steroid dienone is 1. The van der Waals surface area contributed by atoms with Crippen LogP contribution >= 0.6 is 0 Å². The van der Waals surface area contributed by atoms with Crippen LogP contribution in [0.5, 0.6) is 0 Å². The van der Waals surface area contributed by atoms with Gasteiger partial charge < -0.3 is 9.53 Å². The lowest BCUT2D eigenvalue weighted by atomic mass is 9.78. The van der Waals surface area contributed by atoms with E-state index in [0.29, 0.717) is 0 Å². The molecular weight excluding hydrogens is 324 g/mol. The van der Waals surface area contributed by atoms with Crippen molar-refractivity contribution in [3.63, 3.8) is 0 Å². The summed E-state index contributed by atoms with van der Waals surface area (Å²) >= 11 is 0. The fourth-order valence-electron chi connectivity index (χ4n) is 3.46. The Kier molecular flexibility index (Phi) is 5.73. The van der Waals surface area contributed by atoms with Gasteiger partial charge in [0.1, 0.15) is 0 Å². The topological polar surface area (TPSA) is 29.5 Å². The maximum atomic E-state index is 11.0. The molecule has 0 aromatic heterocycles. The van der Waals surface area contributed by atoms with Crippen molar-refractivity contribution >= 4 is 8.32 Å². The van der Waals surface area contributed by atoms with E-state index in [1.165, 1.54) is 11.1 Å². The molecule has 2 atom stereocenters. The maximum Gasteiger partial charge on any atom is 0.192 e. The van der Waals surface area contributed by atoms with Crippen molar-refractivity contribution in [2.24, 2.45) is 5.41 Å². The first-order valence-electron chi connectivity index (χ1n) is 9.49. The molecule has 0 amide bonds. The first kappa shape index (κ1) is 20.4. The Morgan fingerprint density at radius 1 is 1.28 bits per heavy atom. The van der Waals surface area contributed by atoms with E-state index in [-0.39, 0.29) is 16.6 Å². The molecule has 0 heterocycles. The molecule has 3 heteroatoms. The summed E-state index contributed by atoms with van der Waals surface area (Å²) in [6, 6.07) is 6.36. The van der Waals surface area contributed by atoms with Crippen LogP contribution in [0.4, 0.5) is 0 Å². The molecule has 25 heavy (non-hydrogen) atoms. The van der Waals surface area contributed by atoms with Crippen LogP contribution in [0.2, 0.25) is 18.1 Å². The van der Waals surface area contributed by atoms with Gasteiger partial charge in [-0.15, -0.1) is 6.58 Å². The molecule has 1 aromatic rings. The van der Waals surface area contributed by atoms with Crippen LogP contribution in [-0.4, -0.2) is 13.4 Å². The van der Waals surface area contributed by atoms with E-state index >= 15 is 0 Å². The van der Waals surface area contributed by atoms with E-state index in [2.05, 4.69) is 72.5 Å². The first-order valence-corrected chi connectivity index (χ1v) is 12.4. The van der Waals surface area contributed by atoms with Gasteiger partial charge in [0.05, 0.1) is 12.2 Å². The summed E-state index contributed by atoms with van der Waals surface area (Å²) in [6.07, 6.45) is 4.40. The lowest BCUT2D eigenvalue weighted by molar-refractivity contribution is 0.0507. The molecule has 2 unspecified atom stereocenters. The molecule has 1 aliphatic carbocycles. The predicted octanol–water partition coefficient (Wildman–Crippen LogP) is 6.33. The van der Waals surface area contributed by atoms with E-state index in [4.69, 9.17) is 4.43 Å². The molecule has 0 aliphatic heterocycles. The van der Waals surface area contributed by atoms with E-state index in [9.17, 15) is 5.11 Å². The monoisotopic (exact) mass is 360 g/mol. The number of aliphatic hydroxyl groups is 1. The molecule has 1 N–H and O–H groups in total. The summed E-state index contributed by atoms with van der Waals surface area (Å²) in [5, 5.41) is 11.2. The second kappa shape index (κ2) is 7.01. The third-order valence-corrected chi connectivity index (χ3v) is 10.7. The van der Waals surface area contributed by atoms with Gasteiger partial charge in [-0.3, -0.25) is 0 Å². The molecule has 0 spiro atoms. The molecule has 0 fully saturated rings. The van der Waals surface area contributed by atoms with Crippen molar-refractivity contribution in [1.29, 1.82) is 0 Å². The Hall–Kier alpha value is -0.903. The van der Waals surface area contributed by atoms with Crippen molar-refractivity contribution < 1.29 is 9.53 Å². The summed E-state index contributed by atoms with van der Waals surface area (Å²) in [7, 11) is -1.81. The molecule has 140 valence electrons. The zero-order valence-corrected chi connectivity index (χ0v) is 18.1. The van der Waals surface area contributed by atoms with Gasteiger partial charge in [0, 0.05) is 0 Å². The number of rotatable bonds is 6. The first-order chi connectivity index (χ1) is 11.4. The van der Waals surface area contributed by atoms with E-state index < -0.39 is 14.4 Å². The fraction of sp³-hybridized carbons (Fsp3) is 0.636. The number of hydrogen-bond acceptors (Lipinski definition) is 2.